The van der Waals surface area contributed by atoms with E-state index in [0.29, 0.717) is 12.6 Å². The number of carbonyl (C=O) groups excluding carboxylic acids is 2. The summed E-state index contributed by atoms with van der Waals surface area (Å²) in [6.45, 7) is 3.79. The first kappa shape index (κ1) is 16.9. The summed E-state index contributed by atoms with van der Waals surface area (Å²) in [7, 11) is 1.64. The van der Waals surface area contributed by atoms with Gasteiger partial charge in [0.2, 0.25) is 11.8 Å². The van der Waals surface area contributed by atoms with Crippen molar-refractivity contribution < 1.29 is 14.7 Å². The van der Waals surface area contributed by atoms with Gasteiger partial charge < -0.3 is 15.3 Å². The highest BCUT2D eigenvalue weighted by atomic mass is 16.3. The number of nitrogens with one attached hydrogen (secondary N) is 1. The van der Waals surface area contributed by atoms with Crippen LogP contribution in [0.2, 0.25) is 0 Å². The van der Waals surface area contributed by atoms with Crippen molar-refractivity contribution in [1.29, 1.82) is 0 Å². The molecule has 0 saturated heterocycles. The SMILES string of the molecule is CCCCN(CCO)CC(=O)N(C)CC(=O)NC1CC1. The number of hydrogen-bond acceptors (Lipinski definition) is 4. The summed E-state index contributed by atoms with van der Waals surface area (Å²) < 4.78 is 0. The fourth-order valence-corrected chi connectivity index (χ4v) is 1.91. The number of carbonyl (C=O) groups is 2. The molecular formula is C14H27N3O3. The molecule has 2 amide bonds. The van der Waals surface area contributed by atoms with Crippen molar-refractivity contribution in [2.45, 2.75) is 38.6 Å². The van der Waals surface area contributed by atoms with Crippen molar-refractivity contribution in [3.63, 3.8) is 0 Å². The lowest BCUT2D eigenvalue weighted by Gasteiger charge is -2.24. The molecule has 6 nitrogen and oxygen atoms in total. The zero-order chi connectivity index (χ0) is 15.0. The van der Waals surface area contributed by atoms with E-state index in [1.807, 2.05) is 4.90 Å². The van der Waals surface area contributed by atoms with Crippen molar-refractivity contribution in [1.82, 2.24) is 15.1 Å². The van der Waals surface area contributed by atoms with Gasteiger partial charge >= 0.3 is 0 Å². The molecule has 6 heteroatoms. The maximum atomic E-state index is 12.1. The van der Waals surface area contributed by atoms with E-state index in [1.54, 1.807) is 7.05 Å². The van der Waals surface area contributed by atoms with Gasteiger partial charge in [-0.15, -0.1) is 0 Å². The number of aliphatic hydroxyl groups excluding tert-OH is 1. The first-order valence-corrected chi connectivity index (χ1v) is 7.43. The number of amides is 2. The molecule has 1 saturated carbocycles. The summed E-state index contributed by atoms with van der Waals surface area (Å²) in [4.78, 5) is 27.1. The quantitative estimate of drug-likeness (QED) is 0.584. The number of rotatable bonds is 10. The van der Waals surface area contributed by atoms with Crippen LogP contribution < -0.4 is 5.32 Å². The van der Waals surface area contributed by atoms with E-state index in [9.17, 15) is 9.59 Å². The maximum absolute atomic E-state index is 12.1. The van der Waals surface area contributed by atoms with Crippen molar-refractivity contribution >= 4 is 11.8 Å². The standard InChI is InChI=1S/C14H27N3O3/c1-3-4-7-17(8-9-18)11-14(20)16(2)10-13(19)15-12-5-6-12/h12,18H,3-11H2,1-2H3,(H,15,19). The molecule has 0 bridgehead atoms. The van der Waals surface area contributed by atoms with Gasteiger partial charge in [0.25, 0.3) is 0 Å². The van der Waals surface area contributed by atoms with E-state index in [0.717, 1.165) is 32.2 Å². The van der Waals surface area contributed by atoms with Gasteiger partial charge in [0.15, 0.2) is 0 Å². The van der Waals surface area contributed by atoms with Gasteiger partial charge in [-0.2, -0.15) is 0 Å². The van der Waals surface area contributed by atoms with Crippen LogP contribution in [0.4, 0.5) is 0 Å². The van der Waals surface area contributed by atoms with Crippen molar-refractivity contribution in [2.24, 2.45) is 0 Å². The van der Waals surface area contributed by atoms with Crippen LogP contribution in [0.1, 0.15) is 32.6 Å². The summed E-state index contributed by atoms with van der Waals surface area (Å²) in [5, 5.41) is 11.9. The predicted molar refractivity (Wildman–Crippen MR) is 77.2 cm³/mol. The van der Waals surface area contributed by atoms with Crippen molar-refractivity contribution in [2.75, 3.05) is 39.8 Å². The van der Waals surface area contributed by atoms with Crippen LogP contribution in [0, 0.1) is 0 Å². The minimum absolute atomic E-state index is 0.0445. The van der Waals surface area contributed by atoms with E-state index in [1.165, 1.54) is 4.90 Å². The van der Waals surface area contributed by atoms with Gasteiger partial charge in [0.1, 0.15) is 0 Å². The fourth-order valence-electron chi connectivity index (χ4n) is 1.91. The fraction of sp³-hybridized carbons (Fsp3) is 0.857. The molecule has 0 radical (unpaired) electrons. The van der Waals surface area contributed by atoms with Gasteiger partial charge in [-0.1, -0.05) is 13.3 Å². The largest absolute Gasteiger partial charge is 0.395 e. The second-order valence-corrected chi connectivity index (χ2v) is 5.44. The Labute approximate surface area is 121 Å². The Morgan fingerprint density at radius 2 is 1.95 bits per heavy atom. The number of nitrogens with zero attached hydrogens (tertiary/aromatic N) is 2. The van der Waals surface area contributed by atoms with E-state index in [4.69, 9.17) is 5.11 Å². The highest BCUT2D eigenvalue weighted by molar-refractivity contribution is 5.85. The zero-order valence-corrected chi connectivity index (χ0v) is 12.6. The Kier molecular flexibility index (Phi) is 7.54. The third-order valence-corrected chi connectivity index (χ3v) is 3.35. The molecule has 2 N–H and O–H groups in total. The van der Waals surface area contributed by atoms with Crippen molar-refractivity contribution in [3.8, 4) is 0 Å². The topological polar surface area (TPSA) is 72.9 Å². The lowest BCUT2D eigenvalue weighted by Crippen LogP contribution is -2.44. The van der Waals surface area contributed by atoms with E-state index >= 15 is 0 Å². The summed E-state index contributed by atoms with van der Waals surface area (Å²) in [6, 6.07) is 0.321. The Bertz CT molecular complexity index is 319. The lowest BCUT2D eigenvalue weighted by molar-refractivity contribution is -0.135. The number of unbranched alkanes of at least 4 members (excludes halogenated alkanes) is 1. The third-order valence-electron chi connectivity index (χ3n) is 3.35. The van der Waals surface area contributed by atoms with Gasteiger partial charge in [-0.05, 0) is 25.8 Å². The van der Waals surface area contributed by atoms with Crippen LogP contribution in [0.15, 0.2) is 0 Å². The molecule has 0 atom stereocenters. The average molecular weight is 285 g/mol. The second kappa shape index (κ2) is 8.92. The van der Waals surface area contributed by atoms with Gasteiger partial charge in [0, 0.05) is 19.6 Å². The monoisotopic (exact) mass is 285 g/mol. The normalized spacial score (nSPS) is 14.4. The molecule has 1 rings (SSSR count). The van der Waals surface area contributed by atoms with E-state index < -0.39 is 0 Å². The molecular weight excluding hydrogens is 258 g/mol. The average Bonchev–Trinajstić information content (AvgIpc) is 3.19. The molecule has 0 spiro atoms. The molecule has 0 aromatic rings. The third kappa shape index (κ3) is 6.86. The Balaban J connectivity index is 2.30. The first-order valence-electron chi connectivity index (χ1n) is 7.43. The lowest BCUT2D eigenvalue weighted by atomic mass is 10.3. The number of hydrogen-bond donors (Lipinski definition) is 2. The number of aliphatic hydroxyl groups is 1. The molecule has 1 aliphatic carbocycles. The maximum Gasteiger partial charge on any atom is 0.239 e. The molecule has 0 aromatic carbocycles. The molecule has 0 heterocycles. The molecule has 1 aliphatic rings. The molecule has 20 heavy (non-hydrogen) atoms. The van der Waals surface area contributed by atoms with E-state index in [-0.39, 0.29) is 31.5 Å². The second-order valence-electron chi connectivity index (χ2n) is 5.44. The molecule has 1 fully saturated rings. The van der Waals surface area contributed by atoms with Gasteiger partial charge in [-0.25, -0.2) is 0 Å². The molecule has 116 valence electrons. The predicted octanol–water partition coefficient (Wildman–Crippen LogP) is -0.182. The molecule has 0 aromatic heterocycles. The summed E-state index contributed by atoms with van der Waals surface area (Å²) in [5.74, 6) is -0.175. The van der Waals surface area contributed by atoms with Crippen LogP contribution in [-0.2, 0) is 9.59 Å². The molecule has 0 unspecified atom stereocenters. The summed E-state index contributed by atoms with van der Waals surface area (Å²) >= 11 is 0. The minimum Gasteiger partial charge on any atom is -0.395 e. The Morgan fingerprint density at radius 1 is 1.25 bits per heavy atom. The first-order chi connectivity index (χ1) is 9.56. The van der Waals surface area contributed by atoms with Crippen LogP contribution in [0.3, 0.4) is 0 Å². The van der Waals surface area contributed by atoms with Gasteiger partial charge in [-0.3, -0.25) is 14.5 Å². The van der Waals surface area contributed by atoms with Crippen LogP contribution in [0.25, 0.3) is 0 Å². The van der Waals surface area contributed by atoms with Crippen LogP contribution in [0.5, 0.6) is 0 Å². The van der Waals surface area contributed by atoms with Gasteiger partial charge in [0.05, 0.1) is 19.7 Å². The minimum atomic E-state index is -0.0920. The van der Waals surface area contributed by atoms with Crippen LogP contribution in [-0.4, -0.2) is 72.6 Å². The highest BCUT2D eigenvalue weighted by Crippen LogP contribution is 2.18. The highest BCUT2D eigenvalue weighted by Gasteiger charge is 2.24. The molecule has 0 aliphatic heterocycles. The number of likely N-dealkylation sites (N-methyl/N-ethyl adjacent to an activating group) is 1. The Morgan fingerprint density at radius 3 is 2.50 bits per heavy atom. The van der Waals surface area contributed by atoms with Crippen molar-refractivity contribution in [3.05, 3.63) is 0 Å². The summed E-state index contributed by atoms with van der Waals surface area (Å²) in [5.41, 5.74) is 0. The summed E-state index contributed by atoms with van der Waals surface area (Å²) in [6.07, 6.45) is 4.14. The Hall–Kier alpha value is -1.14. The van der Waals surface area contributed by atoms with E-state index in [2.05, 4.69) is 12.2 Å². The smallest absolute Gasteiger partial charge is 0.239 e. The van der Waals surface area contributed by atoms with Crippen LogP contribution >= 0.6 is 0 Å². The zero-order valence-electron chi connectivity index (χ0n) is 12.6.